The van der Waals surface area contributed by atoms with Crippen LogP contribution >= 0.6 is 35.0 Å². The molecule has 0 fully saturated rings. The van der Waals surface area contributed by atoms with Gasteiger partial charge in [0.15, 0.2) is 0 Å². The van der Waals surface area contributed by atoms with E-state index in [1.807, 2.05) is 56.3 Å². The van der Waals surface area contributed by atoms with Gasteiger partial charge in [-0.3, -0.25) is 9.59 Å². The zero-order valence-corrected chi connectivity index (χ0v) is 19.7. The zero-order valence-electron chi connectivity index (χ0n) is 17.4. The molecule has 0 heterocycles. The molecule has 1 atom stereocenters. The first kappa shape index (κ1) is 24.6. The Balaban J connectivity index is 2.14. The lowest BCUT2D eigenvalue weighted by atomic mass is 10.1. The molecule has 0 aromatic heterocycles. The molecule has 2 rings (SSSR count). The van der Waals surface area contributed by atoms with Crippen molar-refractivity contribution in [3.8, 4) is 0 Å². The van der Waals surface area contributed by atoms with Gasteiger partial charge in [0.25, 0.3) is 0 Å². The highest BCUT2D eigenvalue weighted by atomic mass is 35.5. The van der Waals surface area contributed by atoms with E-state index in [-0.39, 0.29) is 17.6 Å². The van der Waals surface area contributed by atoms with Crippen molar-refractivity contribution in [1.29, 1.82) is 0 Å². The molecular formula is C23H28Cl2N2O2S. The summed E-state index contributed by atoms with van der Waals surface area (Å²) >= 11 is 14.0. The minimum Gasteiger partial charge on any atom is -0.354 e. The first-order chi connectivity index (χ1) is 14.5. The number of hydrogen-bond donors (Lipinski definition) is 1. The van der Waals surface area contributed by atoms with Crippen LogP contribution in [0.25, 0.3) is 0 Å². The van der Waals surface area contributed by atoms with Crippen molar-refractivity contribution in [2.45, 2.75) is 45.0 Å². The van der Waals surface area contributed by atoms with E-state index in [0.717, 1.165) is 17.5 Å². The van der Waals surface area contributed by atoms with Gasteiger partial charge in [0, 0.05) is 28.9 Å². The fourth-order valence-corrected chi connectivity index (χ4v) is 4.43. The second-order valence-electron chi connectivity index (χ2n) is 6.91. The first-order valence-corrected chi connectivity index (χ1v) is 12.0. The fourth-order valence-electron chi connectivity index (χ4n) is 3.04. The van der Waals surface area contributed by atoms with Gasteiger partial charge in [0.1, 0.15) is 6.04 Å². The molecule has 0 bridgehead atoms. The number of carbonyl (C=O) groups excluding carboxylic acids is 2. The third kappa shape index (κ3) is 7.22. The SMILES string of the molecule is CCCNC(=O)[C@@H](CC)N(Cc1ccccc1Cl)C(=O)CSCc1ccccc1Cl. The molecule has 4 nitrogen and oxygen atoms in total. The maximum Gasteiger partial charge on any atom is 0.242 e. The number of hydrogen-bond acceptors (Lipinski definition) is 3. The minimum atomic E-state index is -0.541. The smallest absolute Gasteiger partial charge is 0.242 e. The van der Waals surface area contributed by atoms with Crippen molar-refractivity contribution in [3.63, 3.8) is 0 Å². The normalized spacial score (nSPS) is 11.7. The molecule has 0 aliphatic rings. The number of amides is 2. The molecule has 0 unspecified atom stereocenters. The van der Waals surface area contributed by atoms with E-state index >= 15 is 0 Å². The molecule has 0 saturated heterocycles. The van der Waals surface area contributed by atoms with Gasteiger partial charge in [-0.05, 0) is 36.1 Å². The molecule has 0 aliphatic carbocycles. The van der Waals surface area contributed by atoms with Crippen LogP contribution in [0.15, 0.2) is 48.5 Å². The quantitative estimate of drug-likeness (QED) is 0.471. The lowest BCUT2D eigenvalue weighted by Crippen LogP contribution is -2.49. The van der Waals surface area contributed by atoms with Crippen molar-refractivity contribution < 1.29 is 9.59 Å². The van der Waals surface area contributed by atoms with Crippen molar-refractivity contribution in [3.05, 3.63) is 69.7 Å². The fraction of sp³-hybridized carbons (Fsp3) is 0.391. The Morgan fingerprint density at radius 2 is 1.60 bits per heavy atom. The van der Waals surface area contributed by atoms with Crippen LogP contribution in [0.5, 0.6) is 0 Å². The van der Waals surface area contributed by atoms with Gasteiger partial charge < -0.3 is 10.2 Å². The molecular weight excluding hydrogens is 439 g/mol. The largest absolute Gasteiger partial charge is 0.354 e. The van der Waals surface area contributed by atoms with E-state index in [4.69, 9.17) is 23.2 Å². The molecule has 162 valence electrons. The van der Waals surface area contributed by atoms with E-state index in [9.17, 15) is 9.59 Å². The Labute approximate surface area is 193 Å². The van der Waals surface area contributed by atoms with Crippen molar-refractivity contribution in [1.82, 2.24) is 10.2 Å². The molecule has 0 spiro atoms. The van der Waals surface area contributed by atoms with Gasteiger partial charge in [-0.1, -0.05) is 73.4 Å². The number of rotatable bonds is 11. The predicted octanol–water partition coefficient (Wildman–Crippen LogP) is 5.56. The molecule has 2 aromatic carbocycles. The summed E-state index contributed by atoms with van der Waals surface area (Å²) in [5.41, 5.74) is 1.81. The van der Waals surface area contributed by atoms with Crippen LogP contribution in [0.3, 0.4) is 0 Å². The summed E-state index contributed by atoms with van der Waals surface area (Å²) in [4.78, 5) is 27.5. The first-order valence-electron chi connectivity index (χ1n) is 10.1. The molecule has 0 aliphatic heterocycles. The summed E-state index contributed by atoms with van der Waals surface area (Å²) in [5, 5.41) is 4.19. The zero-order chi connectivity index (χ0) is 21.9. The number of carbonyl (C=O) groups is 2. The number of nitrogens with one attached hydrogen (secondary N) is 1. The van der Waals surface area contributed by atoms with Crippen molar-refractivity contribution in [2.75, 3.05) is 12.3 Å². The lowest BCUT2D eigenvalue weighted by Gasteiger charge is -2.31. The molecule has 2 aromatic rings. The van der Waals surface area contributed by atoms with Crippen LogP contribution < -0.4 is 5.32 Å². The monoisotopic (exact) mass is 466 g/mol. The Bertz CT molecular complexity index is 847. The Kier molecular flexibility index (Phi) is 10.6. The number of benzene rings is 2. The van der Waals surface area contributed by atoms with E-state index in [1.54, 1.807) is 11.0 Å². The van der Waals surface area contributed by atoms with Gasteiger partial charge in [0.05, 0.1) is 5.75 Å². The van der Waals surface area contributed by atoms with Crippen LogP contribution in [0.4, 0.5) is 0 Å². The Hall–Kier alpha value is -1.69. The summed E-state index contributed by atoms with van der Waals surface area (Å²) in [5.74, 6) is 0.665. The van der Waals surface area contributed by atoms with Gasteiger partial charge in [-0.2, -0.15) is 0 Å². The van der Waals surface area contributed by atoms with Gasteiger partial charge in [0.2, 0.25) is 11.8 Å². The van der Waals surface area contributed by atoms with Crippen LogP contribution in [0.2, 0.25) is 10.0 Å². The van der Waals surface area contributed by atoms with E-state index in [1.165, 1.54) is 11.8 Å². The van der Waals surface area contributed by atoms with Gasteiger partial charge in [-0.25, -0.2) is 0 Å². The summed E-state index contributed by atoms with van der Waals surface area (Å²) < 4.78 is 0. The third-order valence-electron chi connectivity index (χ3n) is 4.67. The standard InChI is InChI=1S/C23H28Cl2N2O2S/c1-3-13-26-23(29)21(4-2)27(14-17-9-5-7-11-19(17)24)22(28)16-30-15-18-10-6-8-12-20(18)25/h5-12,21H,3-4,13-16H2,1-2H3,(H,26,29)/t21-/m1/s1. The minimum absolute atomic E-state index is 0.0922. The van der Waals surface area contributed by atoms with Crippen LogP contribution in [-0.2, 0) is 21.9 Å². The number of nitrogens with zero attached hydrogens (tertiary/aromatic N) is 1. The van der Waals surface area contributed by atoms with Crippen LogP contribution in [0, 0.1) is 0 Å². The highest BCUT2D eigenvalue weighted by Gasteiger charge is 2.28. The van der Waals surface area contributed by atoms with Gasteiger partial charge >= 0.3 is 0 Å². The Morgan fingerprint density at radius 3 is 2.17 bits per heavy atom. The molecule has 7 heteroatoms. The highest BCUT2D eigenvalue weighted by molar-refractivity contribution is 7.99. The third-order valence-corrected chi connectivity index (χ3v) is 6.38. The summed E-state index contributed by atoms with van der Waals surface area (Å²) in [6.07, 6.45) is 1.37. The van der Waals surface area contributed by atoms with Crippen LogP contribution in [0.1, 0.15) is 37.8 Å². The highest BCUT2D eigenvalue weighted by Crippen LogP contribution is 2.23. The van der Waals surface area contributed by atoms with Crippen molar-refractivity contribution >= 4 is 46.8 Å². The topological polar surface area (TPSA) is 49.4 Å². The van der Waals surface area contributed by atoms with E-state index in [2.05, 4.69) is 5.32 Å². The summed E-state index contributed by atoms with van der Waals surface area (Å²) in [6.45, 7) is 4.80. The van der Waals surface area contributed by atoms with Gasteiger partial charge in [-0.15, -0.1) is 11.8 Å². The van der Waals surface area contributed by atoms with E-state index in [0.29, 0.717) is 35.3 Å². The predicted molar refractivity (Wildman–Crippen MR) is 127 cm³/mol. The number of halogens is 2. The molecule has 1 N–H and O–H groups in total. The maximum atomic E-state index is 13.2. The number of thioether (sulfide) groups is 1. The lowest BCUT2D eigenvalue weighted by molar-refractivity contribution is -0.139. The molecule has 0 saturated carbocycles. The molecule has 2 amide bonds. The molecule has 0 radical (unpaired) electrons. The van der Waals surface area contributed by atoms with Crippen LogP contribution in [-0.4, -0.2) is 35.1 Å². The Morgan fingerprint density at radius 1 is 1.00 bits per heavy atom. The summed E-state index contributed by atoms with van der Waals surface area (Å²) in [7, 11) is 0. The second-order valence-corrected chi connectivity index (χ2v) is 8.71. The van der Waals surface area contributed by atoms with Crippen molar-refractivity contribution in [2.24, 2.45) is 0 Å². The average Bonchev–Trinajstić information content (AvgIpc) is 2.74. The average molecular weight is 467 g/mol. The summed E-state index contributed by atoms with van der Waals surface area (Å²) in [6, 6.07) is 14.5. The second kappa shape index (κ2) is 12.9. The molecule has 30 heavy (non-hydrogen) atoms. The maximum absolute atomic E-state index is 13.2. The van der Waals surface area contributed by atoms with E-state index < -0.39 is 6.04 Å².